The number of hydrogen-bond acceptors (Lipinski definition) is 4. The van der Waals surface area contributed by atoms with E-state index in [2.05, 4.69) is 15.5 Å². The Morgan fingerprint density at radius 2 is 1.76 bits per heavy atom. The molecule has 0 atom stereocenters. The van der Waals surface area contributed by atoms with E-state index in [0.717, 1.165) is 5.56 Å². The fourth-order valence-electron chi connectivity index (χ4n) is 2.40. The fourth-order valence-corrected chi connectivity index (χ4v) is 2.40. The lowest BCUT2D eigenvalue weighted by molar-refractivity contribution is -0.121. The Bertz CT molecular complexity index is 833. The molecule has 0 saturated heterocycles. The molecule has 0 bridgehead atoms. The first kappa shape index (κ1) is 16.8. The minimum absolute atomic E-state index is 0.0299. The number of hydrogen-bond donors (Lipinski definition) is 1. The molecule has 0 aliphatic heterocycles. The number of nitrogens with zero attached hydrogens (tertiary/aromatic N) is 2. The molecule has 0 fully saturated rings. The molecule has 0 aliphatic carbocycles. The van der Waals surface area contributed by atoms with Crippen LogP contribution in [0, 0.1) is 5.82 Å². The van der Waals surface area contributed by atoms with Gasteiger partial charge in [0.1, 0.15) is 5.82 Å². The highest BCUT2D eigenvalue weighted by Gasteiger charge is 2.12. The lowest BCUT2D eigenvalue weighted by Gasteiger charge is -2.03. The molecule has 0 aliphatic rings. The van der Waals surface area contributed by atoms with Crippen molar-refractivity contribution in [1.82, 2.24) is 15.5 Å². The predicted molar refractivity (Wildman–Crippen MR) is 91.2 cm³/mol. The van der Waals surface area contributed by atoms with E-state index in [1.165, 1.54) is 6.07 Å². The lowest BCUT2D eigenvalue weighted by atomic mass is 10.1. The molecule has 128 valence electrons. The van der Waals surface area contributed by atoms with Crippen molar-refractivity contribution in [2.45, 2.75) is 19.3 Å². The van der Waals surface area contributed by atoms with Crippen molar-refractivity contribution in [2.24, 2.45) is 0 Å². The third-order valence-corrected chi connectivity index (χ3v) is 3.72. The Kier molecular flexibility index (Phi) is 5.51. The topological polar surface area (TPSA) is 68.0 Å². The minimum Gasteiger partial charge on any atom is -0.421 e. The Morgan fingerprint density at radius 1 is 1.00 bits per heavy atom. The van der Waals surface area contributed by atoms with E-state index in [9.17, 15) is 9.18 Å². The van der Waals surface area contributed by atoms with Crippen LogP contribution >= 0.6 is 0 Å². The maximum atomic E-state index is 13.7. The van der Waals surface area contributed by atoms with Crippen molar-refractivity contribution < 1.29 is 13.6 Å². The monoisotopic (exact) mass is 339 g/mol. The third kappa shape index (κ3) is 4.73. The summed E-state index contributed by atoms with van der Waals surface area (Å²) < 4.78 is 19.1. The Hall–Kier alpha value is -3.02. The molecule has 1 aromatic heterocycles. The number of carbonyl (C=O) groups is 1. The van der Waals surface area contributed by atoms with Gasteiger partial charge in [-0.3, -0.25) is 4.79 Å². The van der Waals surface area contributed by atoms with Crippen molar-refractivity contribution >= 4 is 5.91 Å². The summed E-state index contributed by atoms with van der Waals surface area (Å²) in [5.41, 5.74) is 1.40. The Balaban J connectivity index is 1.45. The summed E-state index contributed by atoms with van der Waals surface area (Å²) >= 11 is 0. The van der Waals surface area contributed by atoms with Gasteiger partial charge in [-0.1, -0.05) is 42.5 Å². The van der Waals surface area contributed by atoms with Crippen LogP contribution in [0.5, 0.6) is 0 Å². The molecule has 6 heteroatoms. The van der Waals surface area contributed by atoms with E-state index in [4.69, 9.17) is 4.42 Å². The van der Waals surface area contributed by atoms with Crippen LogP contribution < -0.4 is 5.32 Å². The van der Waals surface area contributed by atoms with Crippen LogP contribution in [0.3, 0.4) is 0 Å². The molecule has 3 rings (SSSR count). The van der Waals surface area contributed by atoms with Gasteiger partial charge >= 0.3 is 0 Å². The number of nitrogens with one attached hydrogen (secondary N) is 1. The quantitative estimate of drug-likeness (QED) is 0.718. The van der Waals surface area contributed by atoms with Crippen LogP contribution in [0.4, 0.5) is 4.39 Å². The summed E-state index contributed by atoms with van der Waals surface area (Å²) in [5, 5.41) is 10.6. The van der Waals surface area contributed by atoms with Crippen LogP contribution in [-0.4, -0.2) is 22.6 Å². The zero-order valence-corrected chi connectivity index (χ0v) is 13.6. The Labute approximate surface area is 144 Å². The molecule has 1 amide bonds. The van der Waals surface area contributed by atoms with Gasteiger partial charge in [-0.05, 0) is 24.1 Å². The maximum absolute atomic E-state index is 13.7. The lowest BCUT2D eigenvalue weighted by Crippen LogP contribution is -2.25. The number of carbonyl (C=O) groups excluding carboxylic acids is 1. The van der Waals surface area contributed by atoms with Gasteiger partial charge in [0.2, 0.25) is 11.8 Å². The second kappa shape index (κ2) is 8.19. The number of rotatable bonds is 7. The number of benzene rings is 2. The van der Waals surface area contributed by atoms with Gasteiger partial charge < -0.3 is 9.73 Å². The van der Waals surface area contributed by atoms with Crippen molar-refractivity contribution in [3.05, 3.63) is 71.9 Å². The molecular formula is C19H18FN3O2. The third-order valence-electron chi connectivity index (χ3n) is 3.72. The van der Waals surface area contributed by atoms with Crippen molar-refractivity contribution in [1.29, 1.82) is 0 Å². The summed E-state index contributed by atoms with van der Waals surface area (Å²) in [7, 11) is 0. The molecular weight excluding hydrogens is 321 g/mol. The van der Waals surface area contributed by atoms with Gasteiger partial charge in [0, 0.05) is 19.4 Å². The van der Waals surface area contributed by atoms with Crippen molar-refractivity contribution in [3.63, 3.8) is 0 Å². The molecule has 0 unspecified atom stereocenters. The highest BCUT2D eigenvalue weighted by molar-refractivity contribution is 5.76. The highest BCUT2D eigenvalue weighted by Crippen LogP contribution is 2.20. The van der Waals surface area contributed by atoms with Gasteiger partial charge in [0.05, 0.1) is 5.56 Å². The molecule has 2 aromatic carbocycles. The molecule has 1 heterocycles. The van der Waals surface area contributed by atoms with E-state index in [0.29, 0.717) is 31.7 Å². The SMILES string of the molecule is O=C(CCc1ccccc1)NCCc1nnc(-c2ccccc2F)o1. The molecule has 25 heavy (non-hydrogen) atoms. The normalized spacial score (nSPS) is 10.6. The highest BCUT2D eigenvalue weighted by atomic mass is 19.1. The molecule has 3 aromatic rings. The maximum Gasteiger partial charge on any atom is 0.250 e. The average Bonchev–Trinajstić information content (AvgIpc) is 3.10. The van der Waals surface area contributed by atoms with Gasteiger partial charge in [-0.2, -0.15) is 0 Å². The molecule has 0 saturated carbocycles. The Morgan fingerprint density at radius 3 is 2.56 bits per heavy atom. The zero-order chi connectivity index (χ0) is 17.5. The second-order valence-electron chi connectivity index (χ2n) is 5.57. The molecule has 0 radical (unpaired) electrons. The number of halogens is 1. The van der Waals surface area contributed by atoms with E-state index in [-0.39, 0.29) is 17.4 Å². The molecule has 5 nitrogen and oxygen atoms in total. The van der Waals surface area contributed by atoms with Gasteiger partial charge in [-0.15, -0.1) is 10.2 Å². The minimum atomic E-state index is -0.410. The number of aryl methyl sites for hydroxylation is 1. The smallest absolute Gasteiger partial charge is 0.250 e. The van der Waals surface area contributed by atoms with Crippen LogP contribution in [0.2, 0.25) is 0 Å². The van der Waals surface area contributed by atoms with E-state index < -0.39 is 5.82 Å². The summed E-state index contributed by atoms with van der Waals surface area (Å²) in [6.07, 6.45) is 1.53. The summed E-state index contributed by atoms with van der Waals surface area (Å²) in [4.78, 5) is 11.9. The van der Waals surface area contributed by atoms with Crippen LogP contribution in [0.1, 0.15) is 17.9 Å². The predicted octanol–water partition coefficient (Wildman–Crippen LogP) is 3.17. The summed E-state index contributed by atoms with van der Waals surface area (Å²) in [6.45, 7) is 0.395. The van der Waals surface area contributed by atoms with Gasteiger partial charge in [0.15, 0.2) is 0 Å². The summed E-state index contributed by atoms with van der Waals surface area (Å²) in [5.74, 6) is 0.0646. The zero-order valence-electron chi connectivity index (χ0n) is 13.6. The molecule has 0 spiro atoms. The average molecular weight is 339 g/mol. The second-order valence-corrected chi connectivity index (χ2v) is 5.57. The van der Waals surface area contributed by atoms with Gasteiger partial charge in [-0.25, -0.2) is 4.39 Å². The van der Waals surface area contributed by atoms with E-state index in [1.54, 1.807) is 18.2 Å². The van der Waals surface area contributed by atoms with E-state index >= 15 is 0 Å². The van der Waals surface area contributed by atoms with Crippen molar-refractivity contribution in [2.75, 3.05) is 6.54 Å². The first-order valence-electron chi connectivity index (χ1n) is 8.10. The fraction of sp³-hybridized carbons (Fsp3) is 0.211. The van der Waals surface area contributed by atoms with Crippen LogP contribution in [0.15, 0.2) is 59.0 Å². The van der Waals surface area contributed by atoms with Crippen LogP contribution in [-0.2, 0) is 17.6 Å². The first-order chi connectivity index (χ1) is 12.2. The van der Waals surface area contributed by atoms with Gasteiger partial charge in [0.25, 0.3) is 5.89 Å². The van der Waals surface area contributed by atoms with Crippen molar-refractivity contribution in [3.8, 4) is 11.5 Å². The van der Waals surface area contributed by atoms with E-state index in [1.807, 2.05) is 30.3 Å². The summed E-state index contributed by atoms with van der Waals surface area (Å²) in [6, 6.07) is 16.1. The molecule has 1 N–H and O–H groups in total. The van der Waals surface area contributed by atoms with Crippen LogP contribution in [0.25, 0.3) is 11.5 Å². The first-order valence-corrected chi connectivity index (χ1v) is 8.10. The largest absolute Gasteiger partial charge is 0.421 e. The standard InChI is InChI=1S/C19H18FN3O2/c20-16-9-5-4-8-15(16)19-23-22-18(25-19)12-13-21-17(24)11-10-14-6-2-1-3-7-14/h1-9H,10-13H2,(H,21,24). The number of amides is 1. The number of aromatic nitrogens is 2.